The van der Waals surface area contributed by atoms with Crippen molar-refractivity contribution in [2.24, 2.45) is 0 Å². The maximum absolute atomic E-state index is 13.2. The van der Waals surface area contributed by atoms with Crippen LogP contribution in [0.15, 0.2) is 29.1 Å². The average molecular weight is 251 g/mol. The number of halogens is 1. The van der Waals surface area contributed by atoms with Gasteiger partial charge in [0.05, 0.1) is 0 Å². The topological polar surface area (TPSA) is 60.2 Å². The second-order valence-electron chi connectivity index (χ2n) is 3.83. The van der Waals surface area contributed by atoms with E-state index in [1.165, 1.54) is 18.5 Å². The van der Waals surface area contributed by atoms with Crippen LogP contribution in [-0.4, -0.2) is 17.2 Å². The van der Waals surface area contributed by atoms with E-state index in [0.29, 0.717) is 11.6 Å². The van der Waals surface area contributed by atoms with Gasteiger partial charge in [0.2, 0.25) is 12.2 Å². The number of benzene rings is 1. The Morgan fingerprint density at radius 3 is 3.00 bits per heavy atom. The minimum absolute atomic E-state index is 0.0610. The molecule has 0 radical (unpaired) electrons. The molecule has 0 fully saturated rings. The Kier molecular flexibility index (Phi) is 3.88. The van der Waals surface area contributed by atoms with Crippen LogP contribution in [0.5, 0.6) is 5.75 Å². The molecule has 18 heavy (non-hydrogen) atoms. The van der Waals surface area contributed by atoms with Crippen LogP contribution >= 0.6 is 0 Å². The van der Waals surface area contributed by atoms with Gasteiger partial charge in [0.1, 0.15) is 11.6 Å². The quantitative estimate of drug-likeness (QED) is 0.881. The minimum atomic E-state index is -0.342. The maximum atomic E-state index is 13.2. The molecule has 1 unspecified atom stereocenters. The number of hydrogen-bond donors (Lipinski definition) is 1. The van der Waals surface area contributed by atoms with Crippen molar-refractivity contribution >= 4 is 0 Å². The first-order valence-electron chi connectivity index (χ1n) is 5.55. The number of aromatic nitrogens is 2. The SMILES string of the molecule is CNC(C)c1ccc(F)cc1OCc1ncon1. The Balaban J connectivity index is 2.17. The number of nitrogens with zero attached hydrogens (tertiary/aromatic N) is 2. The zero-order chi connectivity index (χ0) is 13.0. The number of rotatable bonds is 5. The van der Waals surface area contributed by atoms with Crippen molar-refractivity contribution in [3.63, 3.8) is 0 Å². The lowest BCUT2D eigenvalue weighted by Crippen LogP contribution is -2.14. The summed E-state index contributed by atoms with van der Waals surface area (Å²) in [6, 6.07) is 4.52. The largest absolute Gasteiger partial charge is 0.485 e. The summed E-state index contributed by atoms with van der Waals surface area (Å²) in [5.74, 6) is 0.550. The summed E-state index contributed by atoms with van der Waals surface area (Å²) in [5, 5.41) is 6.71. The Morgan fingerprint density at radius 1 is 1.50 bits per heavy atom. The van der Waals surface area contributed by atoms with E-state index in [9.17, 15) is 4.39 Å². The van der Waals surface area contributed by atoms with Gasteiger partial charge < -0.3 is 14.6 Å². The van der Waals surface area contributed by atoms with Crippen LogP contribution in [0, 0.1) is 5.82 Å². The molecule has 0 aliphatic carbocycles. The van der Waals surface area contributed by atoms with Crippen molar-refractivity contribution in [3.8, 4) is 5.75 Å². The molecule has 2 rings (SSSR count). The first kappa shape index (κ1) is 12.5. The summed E-state index contributed by atoms with van der Waals surface area (Å²) in [7, 11) is 1.83. The highest BCUT2D eigenvalue weighted by atomic mass is 19.1. The van der Waals surface area contributed by atoms with Gasteiger partial charge in [0, 0.05) is 17.7 Å². The van der Waals surface area contributed by atoms with Crippen LogP contribution in [0.25, 0.3) is 0 Å². The molecule has 0 bridgehead atoms. The van der Waals surface area contributed by atoms with Crippen LogP contribution in [-0.2, 0) is 6.61 Å². The van der Waals surface area contributed by atoms with E-state index in [2.05, 4.69) is 20.0 Å². The monoisotopic (exact) mass is 251 g/mol. The standard InChI is InChI=1S/C12H14FN3O2/c1-8(14-2)10-4-3-9(13)5-11(10)17-6-12-15-7-18-16-12/h3-5,7-8,14H,6H2,1-2H3. The molecule has 0 spiro atoms. The van der Waals surface area contributed by atoms with Gasteiger partial charge in [-0.15, -0.1) is 0 Å². The lowest BCUT2D eigenvalue weighted by atomic mass is 10.1. The third-order valence-electron chi connectivity index (χ3n) is 2.64. The smallest absolute Gasteiger partial charge is 0.213 e. The van der Waals surface area contributed by atoms with Crippen LogP contribution in [0.3, 0.4) is 0 Å². The van der Waals surface area contributed by atoms with Gasteiger partial charge in [-0.05, 0) is 20.0 Å². The first-order chi connectivity index (χ1) is 8.70. The molecule has 0 saturated heterocycles. The molecule has 5 nitrogen and oxygen atoms in total. The summed E-state index contributed by atoms with van der Waals surface area (Å²) >= 11 is 0. The van der Waals surface area contributed by atoms with E-state index in [4.69, 9.17) is 4.74 Å². The second-order valence-corrected chi connectivity index (χ2v) is 3.83. The average Bonchev–Trinajstić information content (AvgIpc) is 2.88. The summed E-state index contributed by atoms with van der Waals surface area (Å²) in [4.78, 5) is 3.84. The van der Waals surface area contributed by atoms with Crippen molar-refractivity contribution in [2.45, 2.75) is 19.6 Å². The third-order valence-corrected chi connectivity index (χ3v) is 2.64. The number of nitrogens with one attached hydrogen (secondary N) is 1. The molecule has 96 valence electrons. The van der Waals surface area contributed by atoms with Gasteiger partial charge >= 0.3 is 0 Å². The fourth-order valence-corrected chi connectivity index (χ4v) is 1.54. The van der Waals surface area contributed by atoms with Gasteiger partial charge in [-0.25, -0.2) is 4.39 Å². The van der Waals surface area contributed by atoms with E-state index >= 15 is 0 Å². The molecule has 0 aliphatic rings. The molecule has 1 aromatic heterocycles. The van der Waals surface area contributed by atoms with Gasteiger partial charge in [-0.2, -0.15) is 4.98 Å². The Bertz CT molecular complexity index is 502. The zero-order valence-corrected chi connectivity index (χ0v) is 10.2. The van der Waals surface area contributed by atoms with Crippen molar-refractivity contribution in [1.82, 2.24) is 15.5 Å². The normalized spacial score (nSPS) is 12.4. The summed E-state index contributed by atoms with van der Waals surface area (Å²) in [5.41, 5.74) is 0.877. The molecule has 1 N–H and O–H groups in total. The first-order valence-corrected chi connectivity index (χ1v) is 5.55. The van der Waals surface area contributed by atoms with Crippen molar-refractivity contribution in [3.05, 3.63) is 41.8 Å². The lowest BCUT2D eigenvalue weighted by molar-refractivity contribution is 0.280. The maximum Gasteiger partial charge on any atom is 0.213 e. The molecule has 1 heterocycles. The number of hydrogen-bond acceptors (Lipinski definition) is 5. The Labute approximate surface area is 104 Å². The van der Waals surface area contributed by atoms with Crippen molar-refractivity contribution < 1.29 is 13.7 Å². The van der Waals surface area contributed by atoms with E-state index in [1.54, 1.807) is 6.07 Å². The molecule has 0 aliphatic heterocycles. The van der Waals surface area contributed by atoms with Crippen LogP contribution in [0.1, 0.15) is 24.4 Å². The van der Waals surface area contributed by atoms with E-state index < -0.39 is 0 Å². The molecular weight excluding hydrogens is 237 g/mol. The lowest BCUT2D eigenvalue weighted by Gasteiger charge is -2.15. The highest BCUT2D eigenvalue weighted by Gasteiger charge is 2.12. The fourth-order valence-electron chi connectivity index (χ4n) is 1.54. The van der Waals surface area contributed by atoms with E-state index in [-0.39, 0.29) is 18.5 Å². The van der Waals surface area contributed by atoms with E-state index in [0.717, 1.165) is 5.56 Å². The molecule has 0 saturated carbocycles. The minimum Gasteiger partial charge on any atom is -0.485 e. The van der Waals surface area contributed by atoms with Gasteiger partial charge in [0.25, 0.3) is 0 Å². The molecule has 6 heteroatoms. The summed E-state index contributed by atoms with van der Waals surface area (Å²) in [6.07, 6.45) is 1.22. The Hall–Kier alpha value is -1.95. The molecule has 1 atom stereocenters. The van der Waals surface area contributed by atoms with Crippen LogP contribution in [0.2, 0.25) is 0 Å². The Morgan fingerprint density at radius 2 is 2.33 bits per heavy atom. The van der Waals surface area contributed by atoms with Crippen LogP contribution in [0.4, 0.5) is 4.39 Å². The summed E-state index contributed by atoms with van der Waals surface area (Å²) < 4.78 is 23.3. The fraction of sp³-hybridized carbons (Fsp3) is 0.333. The second kappa shape index (κ2) is 5.59. The predicted molar refractivity (Wildman–Crippen MR) is 62.5 cm³/mol. The van der Waals surface area contributed by atoms with Crippen molar-refractivity contribution in [1.29, 1.82) is 0 Å². The van der Waals surface area contributed by atoms with Crippen molar-refractivity contribution in [2.75, 3.05) is 7.05 Å². The van der Waals surface area contributed by atoms with Gasteiger partial charge in [-0.1, -0.05) is 11.2 Å². The molecular formula is C12H14FN3O2. The van der Waals surface area contributed by atoms with Gasteiger partial charge in [-0.3, -0.25) is 0 Å². The van der Waals surface area contributed by atoms with Crippen LogP contribution < -0.4 is 10.1 Å². The molecule has 2 aromatic rings. The van der Waals surface area contributed by atoms with E-state index in [1.807, 2.05) is 14.0 Å². The zero-order valence-electron chi connectivity index (χ0n) is 10.2. The molecule has 0 amide bonds. The highest BCUT2D eigenvalue weighted by molar-refractivity contribution is 5.36. The van der Waals surface area contributed by atoms with Gasteiger partial charge in [0.15, 0.2) is 6.61 Å². The molecule has 1 aromatic carbocycles. The number of ether oxygens (including phenoxy) is 1. The highest BCUT2D eigenvalue weighted by Crippen LogP contribution is 2.26. The predicted octanol–water partition coefficient (Wildman–Crippen LogP) is 2.07. The summed E-state index contributed by atoms with van der Waals surface area (Å²) in [6.45, 7) is 2.11. The third kappa shape index (κ3) is 2.84.